The van der Waals surface area contributed by atoms with Gasteiger partial charge in [0.2, 0.25) is 5.95 Å². The van der Waals surface area contributed by atoms with Crippen molar-refractivity contribution in [2.75, 3.05) is 24.5 Å². The highest BCUT2D eigenvalue weighted by Crippen LogP contribution is 2.25. The maximum atomic E-state index is 5.79. The average Bonchev–Trinajstić information content (AvgIpc) is 2.96. The number of aromatic nitrogens is 3. The van der Waals surface area contributed by atoms with Crippen LogP contribution in [-0.4, -0.2) is 34.8 Å². The highest BCUT2D eigenvalue weighted by molar-refractivity contribution is 9.10. The van der Waals surface area contributed by atoms with Crippen molar-refractivity contribution in [1.29, 1.82) is 0 Å². The molecule has 0 amide bonds. The van der Waals surface area contributed by atoms with Crippen molar-refractivity contribution in [3.63, 3.8) is 0 Å². The Bertz CT molecular complexity index is 604. The van der Waals surface area contributed by atoms with Gasteiger partial charge in [0, 0.05) is 23.1 Å². The van der Waals surface area contributed by atoms with Crippen LogP contribution in [0.3, 0.4) is 0 Å². The predicted molar refractivity (Wildman–Crippen MR) is 88.2 cm³/mol. The van der Waals surface area contributed by atoms with E-state index in [0.29, 0.717) is 5.92 Å². The van der Waals surface area contributed by atoms with Crippen LogP contribution in [0.15, 0.2) is 22.7 Å². The van der Waals surface area contributed by atoms with Gasteiger partial charge in [-0.05, 0) is 56.0 Å². The third-order valence-corrected chi connectivity index (χ3v) is 4.38. The summed E-state index contributed by atoms with van der Waals surface area (Å²) in [4.78, 5) is 6.88. The molecule has 1 aromatic heterocycles. The van der Waals surface area contributed by atoms with Crippen molar-refractivity contribution in [3.8, 4) is 11.4 Å². The summed E-state index contributed by atoms with van der Waals surface area (Å²) in [7, 11) is 0. The van der Waals surface area contributed by atoms with Gasteiger partial charge in [-0.1, -0.05) is 15.9 Å². The quantitative estimate of drug-likeness (QED) is 0.893. The second kappa shape index (κ2) is 6.15. The molecule has 1 aliphatic rings. The normalized spacial score (nSPS) is 19.0. The molecule has 112 valence electrons. The number of benzene rings is 1. The smallest absolute Gasteiger partial charge is 0.245 e. The zero-order valence-electron chi connectivity index (χ0n) is 12.1. The Kier molecular flexibility index (Phi) is 4.26. The van der Waals surface area contributed by atoms with Gasteiger partial charge in [-0.3, -0.25) is 5.10 Å². The molecule has 1 aliphatic heterocycles. The molecule has 2 heterocycles. The Labute approximate surface area is 133 Å². The third-order valence-electron chi connectivity index (χ3n) is 3.92. The van der Waals surface area contributed by atoms with E-state index < -0.39 is 0 Å². The maximum absolute atomic E-state index is 5.79. The van der Waals surface area contributed by atoms with Crippen LogP contribution in [0.1, 0.15) is 18.4 Å². The molecule has 0 aliphatic carbocycles. The number of nitrogens with two attached hydrogens (primary N) is 1. The van der Waals surface area contributed by atoms with Crippen molar-refractivity contribution < 1.29 is 0 Å². The molecule has 3 N–H and O–H groups in total. The van der Waals surface area contributed by atoms with Crippen LogP contribution < -0.4 is 10.6 Å². The van der Waals surface area contributed by atoms with Gasteiger partial charge in [0.25, 0.3) is 0 Å². The first-order valence-electron chi connectivity index (χ1n) is 7.30. The van der Waals surface area contributed by atoms with Crippen LogP contribution in [0, 0.1) is 12.8 Å². The summed E-state index contributed by atoms with van der Waals surface area (Å²) in [6.07, 6.45) is 2.36. The van der Waals surface area contributed by atoms with Crippen LogP contribution in [0.4, 0.5) is 5.95 Å². The lowest BCUT2D eigenvalue weighted by atomic mass is 9.99. The lowest BCUT2D eigenvalue weighted by Crippen LogP contribution is -2.38. The molecule has 1 atom stereocenters. The van der Waals surface area contributed by atoms with E-state index in [2.05, 4.69) is 61.1 Å². The summed E-state index contributed by atoms with van der Waals surface area (Å²) < 4.78 is 1.05. The lowest BCUT2D eigenvalue weighted by molar-refractivity contribution is 0.420. The molecule has 21 heavy (non-hydrogen) atoms. The number of aromatic amines is 1. The minimum absolute atomic E-state index is 0.550. The van der Waals surface area contributed by atoms with E-state index in [4.69, 9.17) is 5.73 Å². The van der Waals surface area contributed by atoms with Crippen molar-refractivity contribution in [1.82, 2.24) is 15.2 Å². The molecule has 6 heteroatoms. The van der Waals surface area contributed by atoms with Gasteiger partial charge < -0.3 is 10.6 Å². The number of anilines is 1. The largest absolute Gasteiger partial charge is 0.339 e. The summed E-state index contributed by atoms with van der Waals surface area (Å²) >= 11 is 3.52. The van der Waals surface area contributed by atoms with Crippen molar-refractivity contribution >= 4 is 21.9 Å². The summed E-state index contributed by atoms with van der Waals surface area (Å²) in [5.41, 5.74) is 8.03. The molecule has 5 nitrogen and oxygen atoms in total. The van der Waals surface area contributed by atoms with E-state index in [1.165, 1.54) is 12.0 Å². The highest BCUT2D eigenvalue weighted by Gasteiger charge is 2.22. The first-order chi connectivity index (χ1) is 10.2. The second-order valence-electron chi connectivity index (χ2n) is 5.69. The Morgan fingerprint density at radius 1 is 1.43 bits per heavy atom. The summed E-state index contributed by atoms with van der Waals surface area (Å²) in [6, 6.07) is 6.24. The fourth-order valence-electron chi connectivity index (χ4n) is 2.84. The van der Waals surface area contributed by atoms with E-state index in [1.807, 2.05) is 0 Å². The van der Waals surface area contributed by atoms with Crippen LogP contribution in [-0.2, 0) is 0 Å². The molecule has 0 saturated carbocycles. The average molecular weight is 350 g/mol. The van der Waals surface area contributed by atoms with E-state index in [1.54, 1.807) is 0 Å². The second-order valence-corrected chi connectivity index (χ2v) is 6.61. The van der Waals surface area contributed by atoms with Gasteiger partial charge in [-0.25, -0.2) is 0 Å². The van der Waals surface area contributed by atoms with Crippen LogP contribution in [0.25, 0.3) is 11.4 Å². The van der Waals surface area contributed by atoms with Crippen LogP contribution in [0.5, 0.6) is 0 Å². The Hall–Kier alpha value is -1.40. The fourth-order valence-corrected chi connectivity index (χ4v) is 3.44. The zero-order valence-corrected chi connectivity index (χ0v) is 13.7. The Balaban J connectivity index is 1.82. The number of H-pyrrole nitrogens is 1. The molecular weight excluding hydrogens is 330 g/mol. The maximum Gasteiger partial charge on any atom is 0.245 e. The van der Waals surface area contributed by atoms with Gasteiger partial charge in [-0.15, -0.1) is 5.10 Å². The minimum Gasteiger partial charge on any atom is -0.339 e. The molecule has 1 unspecified atom stereocenters. The van der Waals surface area contributed by atoms with Gasteiger partial charge in [0.1, 0.15) is 0 Å². The Morgan fingerprint density at radius 3 is 3.05 bits per heavy atom. The minimum atomic E-state index is 0.550. The van der Waals surface area contributed by atoms with E-state index in [9.17, 15) is 0 Å². The number of nitrogens with one attached hydrogen (secondary N) is 1. The molecule has 0 spiro atoms. The SMILES string of the molecule is Cc1cc(Br)cc(-c2nc(N3CCCC(CN)C3)n[nH]2)c1. The topological polar surface area (TPSA) is 70.8 Å². The molecule has 1 aromatic carbocycles. The van der Waals surface area contributed by atoms with Gasteiger partial charge in [0.05, 0.1) is 0 Å². The van der Waals surface area contributed by atoms with E-state index >= 15 is 0 Å². The molecular formula is C15H20BrN5. The van der Waals surface area contributed by atoms with Gasteiger partial charge in [0.15, 0.2) is 5.82 Å². The van der Waals surface area contributed by atoms with E-state index in [-0.39, 0.29) is 0 Å². The molecule has 0 bridgehead atoms. The summed E-state index contributed by atoms with van der Waals surface area (Å²) in [5, 5.41) is 7.43. The molecule has 0 radical (unpaired) electrons. The first-order valence-corrected chi connectivity index (χ1v) is 8.10. The monoisotopic (exact) mass is 349 g/mol. The molecule has 1 fully saturated rings. The summed E-state index contributed by atoms with van der Waals surface area (Å²) in [5.74, 6) is 2.14. The highest BCUT2D eigenvalue weighted by atomic mass is 79.9. The van der Waals surface area contributed by atoms with Crippen LogP contribution >= 0.6 is 15.9 Å². The number of nitrogens with zero attached hydrogens (tertiary/aromatic N) is 3. The fraction of sp³-hybridized carbons (Fsp3) is 0.467. The van der Waals surface area contributed by atoms with Gasteiger partial charge in [-0.2, -0.15) is 4.98 Å². The zero-order chi connectivity index (χ0) is 14.8. The number of rotatable bonds is 3. The number of hydrogen-bond acceptors (Lipinski definition) is 4. The van der Waals surface area contributed by atoms with Crippen molar-refractivity contribution in [3.05, 3.63) is 28.2 Å². The standard InChI is InChI=1S/C15H20BrN5/c1-10-5-12(7-13(16)6-10)14-18-15(20-19-14)21-4-2-3-11(8-17)9-21/h5-7,11H,2-4,8-9,17H2,1H3,(H,18,19,20). The number of piperidine rings is 1. The lowest BCUT2D eigenvalue weighted by Gasteiger charge is -2.31. The van der Waals surface area contributed by atoms with Crippen molar-refractivity contribution in [2.45, 2.75) is 19.8 Å². The van der Waals surface area contributed by atoms with Crippen LogP contribution in [0.2, 0.25) is 0 Å². The summed E-state index contributed by atoms with van der Waals surface area (Å²) in [6.45, 7) is 4.76. The third kappa shape index (κ3) is 3.27. The molecule has 1 saturated heterocycles. The molecule has 2 aromatic rings. The van der Waals surface area contributed by atoms with Gasteiger partial charge >= 0.3 is 0 Å². The number of halogens is 1. The number of hydrogen-bond donors (Lipinski definition) is 2. The Morgan fingerprint density at radius 2 is 2.29 bits per heavy atom. The first kappa shape index (κ1) is 14.5. The predicted octanol–water partition coefficient (Wildman–Crippen LogP) is 2.72. The molecule has 3 rings (SSSR count). The number of aryl methyl sites for hydroxylation is 1. The van der Waals surface area contributed by atoms with Crippen molar-refractivity contribution in [2.24, 2.45) is 11.7 Å². The van der Waals surface area contributed by atoms with E-state index in [0.717, 1.165) is 47.9 Å².